The predicted molar refractivity (Wildman–Crippen MR) is 51.8 cm³/mol. The van der Waals surface area contributed by atoms with Gasteiger partial charge in [-0.15, -0.1) is 15.0 Å². The highest BCUT2D eigenvalue weighted by molar-refractivity contribution is 5.45. The van der Waals surface area contributed by atoms with Crippen molar-refractivity contribution in [1.82, 2.24) is 20.2 Å². The first-order chi connectivity index (χ1) is 6.83. The average molecular weight is 189 g/mol. The van der Waals surface area contributed by atoms with Crippen molar-refractivity contribution in [2.75, 3.05) is 0 Å². The molecule has 14 heavy (non-hydrogen) atoms. The molecule has 0 bridgehead atoms. The van der Waals surface area contributed by atoms with E-state index in [-0.39, 0.29) is 0 Å². The summed E-state index contributed by atoms with van der Waals surface area (Å²) in [5.74, 6) is 0. The van der Waals surface area contributed by atoms with E-state index < -0.39 is 0 Å². The highest BCUT2D eigenvalue weighted by Gasteiger charge is 2.07. The summed E-state index contributed by atoms with van der Waals surface area (Å²) < 4.78 is 0. The number of rotatable bonds is 2. The van der Waals surface area contributed by atoms with Gasteiger partial charge in [-0.2, -0.15) is 0 Å². The van der Waals surface area contributed by atoms with Crippen LogP contribution in [0.3, 0.4) is 0 Å². The number of tetrazole rings is 1. The molecule has 0 aliphatic rings. The Morgan fingerprint density at radius 3 is 2.93 bits per heavy atom. The van der Waals surface area contributed by atoms with Crippen molar-refractivity contribution < 1.29 is 0 Å². The molecule has 0 aliphatic carbocycles. The van der Waals surface area contributed by atoms with Gasteiger partial charge in [0.05, 0.1) is 5.69 Å². The monoisotopic (exact) mass is 189 g/mol. The van der Waals surface area contributed by atoms with Crippen molar-refractivity contribution in [3.8, 4) is 5.69 Å². The smallest absolute Gasteiger partial charge is 0.162 e. The average Bonchev–Trinajstić information content (AvgIpc) is 2.70. The van der Waals surface area contributed by atoms with Crippen molar-refractivity contribution in [2.24, 2.45) is 5.73 Å². The van der Waals surface area contributed by atoms with Gasteiger partial charge in [0.1, 0.15) is 0 Å². The summed E-state index contributed by atoms with van der Waals surface area (Å²) in [5, 5.41) is 11.5. The Morgan fingerprint density at radius 2 is 2.29 bits per heavy atom. The van der Waals surface area contributed by atoms with Crippen molar-refractivity contribution in [1.29, 1.82) is 0 Å². The molecule has 5 heteroatoms. The molecule has 0 saturated carbocycles. The molecule has 5 nitrogen and oxygen atoms in total. The van der Waals surface area contributed by atoms with E-state index in [1.807, 2.05) is 25.1 Å². The van der Waals surface area contributed by atoms with Crippen LogP contribution < -0.4 is 5.73 Å². The van der Waals surface area contributed by atoms with Gasteiger partial charge in [-0.25, -0.2) is 0 Å². The number of hydrogen-bond donors (Lipinski definition) is 1. The number of nitrogens with two attached hydrogens (primary N) is 1. The SMILES string of the molecule is Cc1cccc(CN)c1-n1ncnn1. The minimum Gasteiger partial charge on any atom is -0.326 e. The van der Waals surface area contributed by atoms with Crippen LogP contribution in [-0.2, 0) is 6.54 Å². The van der Waals surface area contributed by atoms with Crippen LogP contribution in [0.5, 0.6) is 0 Å². The Hall–Kier alpha value is -1.75. The Labute approximate surface area is 81.5 Å². The van der Waals surface area contributed by atoms with Crippen molar-refractivity contribution in [3.63, 3.8) is 0 Å². The highest BCUT2D eigenvalue weighted by atomic mass is 15.6. The van der Waals surface area contributed by atoms with Gasteiger partial charge in [-0.3, -0.25) is 0 Å². The molecule has 0 atom stereocenters. The molecule has 0 aliphatic heterocycles. The standard InChI is InChI=1S/C9H11N5/c1-7-3-2-4-8(5-10)9(7)14-12-6-11-13-14/h2-4,6H,5,10H2,1H3. The van der Waals surface area contributed by atoms with E-state index in [1.165, 1.54) is 11.1 Å². The lowest BCUT2D eigenvalue weighted by atomic mass is 10.1. The van der Waals surface area contributed by atoms with Crippen molar-refractivity contribution in [2.45, 2.75) is 13.5 Å². The fourth-order valence-corrected chi connectivity index (χ4v) is 1.44. The number of hydrogen-bond acceptors (Lipinski definition) is 4. The maximum Gasteiger partial charge on any atom is 0.162 e. The highest BCUT2D eigenvalue weighted by Crippen LogP contribution is 2.16. The molecule has 2 N–H and O–H groups in total. The second kappa shape index (κ2) is 3.55. The third kappa shape index (κ3) is 1.38. The molecular weight excluding hydrogens is 178 g/mol. The molecule has 2 aromatic rings. The number of aryl methyl sites for hydroxylation is 1. The van der Waals surface area contributed by atoms with E-state index in [0.717, 1.165) is 16.8 Å². The zero-order valence-corrected chi connectivity index (χ0v) is 7.88. The first kappa shape index (κ1) is 8.83. The van der Waals surface area contributed by atoms with Gasteiger partial charge in [-0.1, -0.05) is 18.2 Å². The second-order valence-electron chi connectivity index (χ2n) is 3.01. The largest absolute Gasteiger partial charge is 0.326 e. The molecule has 1 heterocycles. The first-order valence-electron chi connectivity index (χ1n) is 4.35. The third-order valence-electron chi connectivity index (χ3n) is 2.09. The van der Waals surface area contributed by atoms with Crippen LogP contribution >= 0.6 is 0 Å². The minimum atomic E-state index is 0.471. The minimum absolute atomic E-state index is 0.471. The quantitative estimate of drug-likeness (QED) is 0.743. The molecule has 0 fully saturated rings. The summed E-state index contributed by atoms with van der Waals surface area (Å²) in [7, 11) is 0. The lowest BCUT2D eigenvalue weighted by Gasteiger charge is -2.08. The summed E-state index contributed by atoms with van der Waals surface area (Å²) in [6, 6.07) is 5.93. The lowest BCUT2D eigenvalue weighted by Crippen LogP contribution is -2.08. The fraction of sp³-hybridized carbons (Fsp3) is 0.222. The van der Waals surface area contributed by atoms with E-state index in [9.17, 15) is 0 Å². The first-order valence-corrected chi connectivity index (χ1v) is 4.35. The molecule has 1 aromatic carbocycles. The molecule has 72 valence electrons. The van der Waals surface area contributed by atoms with Crippen LogP contribution in [0.4, 0.5) is 0 Å². The molecule has 0 radical (unpaired) electrons. The Bertz CT molecular complexity index is 421. The maximum atomic E-state index is 5.64. The normalized spacial score (nSPS) is 10.4. The summed E-state index contributed by atoms with van der Waals surface area (Å²) in [5.41, 5.74) is 8.67. The fourth-order valence-electron chi connectivity index (χ4n) is 1.44. The van der Waals surface area contributed by atoms with Gasteiger partial charge in [0.25, 0.3) is 0 Å². The molecule has 0 amide bonds. The van der Waals surface area contributed by atoms with Crippen LogP contribution in [-0.4, -0.2) is 20.2 Å². The van der Waals surface area contributed by atoms with Crippen LogP contribution in [0, 0.1) is 6.92 Å². The van der Waals surface area contributed by atoms with E-state index in [4.69, 9.17) is 5.73 Å². The summed E-state index contributed by atoms with van der Waals surface area (Å²) in [4.78, 5) is 1.50. The van der Waals surface area contributed by atoms with Crippen LogP contribution in [0.2, 0.25) is 0 Å². The molecule has 0 spiro atoms. The maximum absolute atomic E-state index is 5.64. The van der Waals surface area contributed by atoms with Gasteiger partial charge < -0.3 is 5.73 Å². The van der Waals surface area contributed by atoms with Crippen LogP contribution in [0.15, 0.2) is 24.5 Å². The zero-order valence-electron chi connectivity index (χ0n) is 7.88. The van der Waals surface area contributed by atoms with E-state index in [1.54, 1.807) is 0 Å². The number of para-hydroxylation sites is 1. The van der Waals surface area contributed by atoms with Crippen molar-refractivity contribution in [3.05, 3.63) is 35.7 Å². The Morgan fingerprint density at radius 1 is 1.43 bits per heavy atom. The Kier molecular flexibility index (Phi) is 2.24. The summed E-state index contributed by atoms with van der Waals surface area (Å²) in [6.07, 6.45) is 1.41. The van der Waals surface area contributed by atoms with Gasteiger partial charge in [-0.05, 0) is 23.3 Å². The van der Waals surface area contributed by atoms with Gasteiger partial charge >= 0.3 is 0 Å². The third-order valence-corrected chi connectivity index (χ3v) is 2.09. The summed E-state index contributed by atoms with van der Waals surface area (Å²) >= 11 is 0. The van der Waals surface area contributed by atoms with E-state index >= 15 is 0 Å². The zero-order chi connectivity index (χ0) is 9.97. The Balaban J connectivity index is 2.61. The molecule has 0 saturated heterocycles. The predicted octanol–water partition coefficient (Wildman–Crippen LogP) is 0.429. The van der Waals surface area contributed by atoms with E-state index in [0.29, 0.717) is 6.54 Å². The van der Waals surface area contributed by atoms with Crippen LogP contribution in [0.1, 0.15) is 11.1 Å². The number of nitrogens with zero attached hydrogens (tertiary/aromatic N) is 4. The van der Waals surface area contributed by atoms with Gasteiger partial charge in [0.15, 0.2) is 6.33 Å². The molecular formula is C9H11N5. The molecule has 2 rings (SSSR count). The topological polar surface area (TPSA) is 69.6 Å². The summed E-state index contributed by atoms with van der Waals surface area (Å²) in [6.45, 7) is 2.47. The van der Waals surface area contributed by atoms with E-state index in [2.05, 4.69) is 15.4 Å². The number of benzene rings is 1. The molecule has 1 aromatic heterocycles. The van der Waals surface area contributed by atoms with Gasteiger partial charge in [0.2, 0.25) is 0 Å². The van der Waals surface area contributed by atoms with Crippen LogP contribution in [0.25, 0.3) is 5.69 Å². The lowest BCUT2D eigenvalue weighted by molar-refractivity contribution is 0.707. The van der Waals surface area contributed by atoms with Crippen molar-refractivity contribution >= 4 is 0 Å². The molecule has 0 unspecified atom stereocenters. The second-order valence-corrected chi connectivity index (χ2v) is 3.01. The number of aromatic nitrogens is 4. The van der Waals surface area contributed by atoms with Gasteiger partial charge in [0, 0.05) is 6.54 Å².